The second-order valence-electron chi connectivity index (χ2n) is 2.35. The van der Waals surface area contributed by atoms with E-state index in [1.54, 1.807) is 0 Å². The molecule has 0 atom stereocenters. The van der Waals surface area contributed by atoms with Gasteiger partial charge in [-0.3, -0.25) is 0 Å². The van der Waals surface area contributed by atoms with Crippen LogP contribution in [-0.4, -0.2) is 12.1 Å². The van der Waals surface area contributed by atoms with Crippen LogP contribution in [0.1, 0.15) is 12.0 Å². The minimum atomic E-state index is -2.73. The van der Waals surface area contributed by atoms with Gasteiger partial charge in [-0.25, -0.2) is 13.8 Å². The first-order valence-electron chi connectivity index (χ1n) is 3.44. The first-order valence-corrected chi connectivity index (χ1v) is 3.44. The van der Waals surface area contributed by atoms with Crippen LogP contribution in [-0.2, 0) is 0 Å². The lowest BCUT2D eigenvalue weighted by Crippen LogP contribution is -2.04. The summed E-state index contributed by atoms with van der Waals surface area (Å²) in [5, 5.41) is 0. The van der Waals surface area contributed by atoms with Gasteiger partial charge in [-0.1, -0.05) is 0 Å². The Balaban J connectivity index is 3.30. The van der Waals surface area contributed by atoms with Crippen molar-refractivity contribution in [2.45, 2.75) is 6.43 Å². The van der Waals surface area contributed by atoms with E-state index in [2.05, 4.69) is 9.72 Å². The summed E-state index contributed by atoms with van der Waals surface area (Å²) in [4.78, 5) is 3.63. The van der Waals surface area contributed by atoms with Gasteiger partial charge in [0, 0.05) is 0 Å². The van der Waals surface area contributed by atoms with Crippen LogP contribution >= 0.6 is 0 Å². The fourth-order valence-corrected chi connectivity index (χ4v) is 0.944. The van der Waals surface area contributed by atoms with E-state index in [0.717, 1.165) is 6.20 Å². The van der Waals surface area contributed by atoms with Crippen molar-refractivity contribution in [3.05, 3.63) is 11.8 Å². The van der Waals surface area contributed by atoms with Gasteiger partial charge in [0.25, 0.3) is 6.43 Å². The van der Waals surface area contributed by atoms with Crippen molar-refractivity contribution < 1.29 is 13.5 Å². The number of halogens is 2. The predicted octanol–water partition coefficient (Wildman–Crippen LogP) is 1.19. The molecule has 0 aliphatic heterocycles. The number of rotatable bonds is 2. The monoisotopic (exact) mass is 189 g/mol. The summed E-state index contributed by atoms with van der Waals surface area (Å²) in [6.45, 7) is 0. The first kappa shape index (κ1) is 9.50. The number of hydrogen-bond acceptors (Lipinski definition) is 4. The van der Waals surface area contributed by atoms with Crippen molar-refractivity contribution in [2.75, 3.05) is 18.6 Å². The Morgan fingerprint density at radius 2 is 2.08 bits per heavy atom. The molecule has 0 amide bonds. The Labute approximate surface area is 73.5 Å². The lowest BCUT2D eigenvalue weighted by Gasteiger charge is -2.10. The van der Waals surface area contributed by atoms with Crippen molar-refractivity contribution >= 4 is 11.4 Å². The van der Waals surface area contributed by atoms with E-state index in [9.17, 15) is 8.78 Å². The third-order valence-electron chi connectivity index (χ3n) is 1.56. The molecule has 1 aromatic rings. The summed E-state index contributed by atoms with van der Waals surface area (Å²) in [5.41, 5.74) is 9.85. The zero-order chi connectivity index (χ0) is 10.0. The van der Waals surface area contributed by atoms with Crippen molar-refractivity contribution in [3.8, 4) is 5.88 Å². The highest BCUT2D eigenvalue weighted by molar-refractivity contribution is 5.65. The number of pyridine rings is 1. The molecule has 4 N–H and O–H groups in total. The van der Waals surface area contributed by atoms with Crippen LogP contribution in [0.5, 0.6) is 5.88 Å². The van der Waals surface area contributed by atoms with Crippen molar-refractivity contribution in [2.24, 2.45) is 0 Å². The highest BCUT2D eigenvalue weighted by Crippen LogP contribution is 2.34. The topological polar surface area (TPSA) is 74.2 Å². The lowest BCUT2D eigenvalue weighted by molar-refractivity contribution is 0.152. The van der Waals surface area contributed by atoms with Crippen LogP contribution in [0.25, 0.3) is 0 Å². The molecule has 72 valence electrons. The van der Waals surface area contributed by atoms with Gasteiger partial charge in [-0.15, -0.1) is 0 Å². The number of anilines is 2. The summed E-state index contributed by atoms with van der Waals surface area (Å²) in [6.07, 6.45) is -1.63. The maximum Gasteiger partial charge on any atom is 0.268 e. The molecule has 0 spiro atoms. The Morgan fingerprint density at radius 3 is 2.54 bits per heavy atom. The number of methoxy groups -OCH3 is 1. The molecule has 13 heavy (non-hydrogen) atoms. The average molecular weight is 189 g/mol. The standard InChI is InChI=1S/C7H9F2N3O/c1-13-7-5(11)4(6(8)9)3(10)2-12-7/h2,6H,10-11H2,1H3. The van der Waals surface area contributed by atoms with Gasteiger partial charge in [0.15, 0.2) is 0 Å². The quantitative estimate of drug-likeness (QED) is 0.732. The Kier molecular flexibility index (Phi) is 2.50. The highest BCUT2D eigenvalue weighted by Gasteiger charge is 2.19. The van der Waals surface area contributed by atoms with Crippen LogP contribution in [0.2, 0.25) is 0 Å². The fourth-order valence-electron chi connectivity index (χ4n) is 0.944. The summed E-state index contributed by atoms with van der Waals surface area (Å²) in [6, 6.07) is 0. The maximum atomic E-state index is 12.4. The van der Waals surface area contributed by atoms with Crippen LogP contribution in [0, 0.1) is 0 Å². The summed E-state index contributed by atoms with van der Waals surface area (Å²) in [5.74, 6) is -0.0375. The molecule has 0 aliphatic carbocycles. The molecule has 0 unspecified atom stereocenters. The number of hydrogen-bond donors (Lipinski definition) is 2. The van der Waals surface area contributed by atoms with Crippen molar-refractivity contribution in [3.63, 3.8) is 0 Å². The number of alkyl halides is 2. The zero-order valence-corrected chi connectivity index (χ0v) is 6.92. The zero-order valence-electron chi connectivity index (χ0n) is 6.92. The average Bonchev–Trinajstić information content (AvgIpc) is 2.04. The molecule has 0 aromatic carbocycles. The van der Waals surface area contributed by atoms with Gasteiger partial charge in [0.1, 0.15) is 5.69 Å². The van der Waals surface area contributed by atoms with Crippen LogP contribution in [0.4, 0.5) is 20.2 Å². The molecule has 0 bridgehead atoms. The summed E-state index contributed by atoms with van der Waals surface area (Å²) < 4.78 is 29.4. The third-order valence-corrected chi connectivity index (χ3v) is 1.56. The van der Waals surface area contributed by atoms with Gasteiger partial charge in [-0.2, -0.15) is 0 Å². The Morgan fingerprint density at radius 1 is 1.46 bits per heavy atom. The number of nitrogens with zero attached hydrogens (tertiary/aromatic N) is 1. The minimum absolute atomic E-state index is 0.0375. The normalized spacial score (nSPS) is 10.5. The van der Waals surface area contributed by atoms with Crippen LogP contribution in [0.3, 0.4) is 0 Å². The number of ether oxygens (including phenoxy) is 1. The number of nitrogen functional groups attached to an aromatic ring is 2. The SMILES string of the molecule is COc1ncc(N)c(C(F)F)c1N. The van der Waals surface area contributed by atoms with Gasteiger partial charge in [0.2, 0.25) is 5.88 Å². The first-order chi connectivity index (χ1) is 6.07. The number of nitrogens with two attached hydrogens (primary N) is 2. The molecule has 0 fully saturated rings. The number of aromatic nitrogens is 1. The molecule has 0 aliphatic rings. The maximum absolute atomic E-state index is 12.4. The summed E-state index contributed by atoms with van der Waals surface area (Å²) in [7, 11) is 1.30. The fraction of sp³-hybridized carbons (Fsp3) is 0.286. The van der Waals surface area contributed by atoms with Crippen LogP contribution < -0.4 is 16.2 Å². The van der Waals surface area contributed by atoms with E-state index in [1.807, 2.05) is 0 Å². The van der Waals surface area contributed by atoms with Gasteiger partial charge in [-0.05, 0) is 0 Å². The Bertz CT molecular complexity index is 317. The predicted molar refractivity (Wildman–Crippen MR) is 44.6 cm³/mol. The van der Waals surface area contributed by atoms with E-state index in [0.29, 0.717) is 0 Å². The molecule has 1 rings (SSSR count). The molecule has 1 aromatic heterocycles. The molecule has 0 radical (unpaired) electrons. The van der Waals surface area contributed by atoms with Crippen molar-refractivity contribution in [1.82, 2.24) is 4.98 Å². The Hall–Kier alpha value is -1.59. The highest BCUT2D eigenvalue weighted by atomic mass is 19.3. The summed E-state index contributed by atoms with van der Waals surface area (Å²) >= 11 is 0. The molecule has 0 saturated heterocycles. The minimum Gasteiger partial charge on any atom is -0.480 e. The van der Waals surface area contributed by atoms with E-state index < -0.39 is 12.0 Å². The van der Waals surface area contributed by atoms with Crippen molar-refractivity contribution in [1.29, 1.82) is 0 Å². The lowest BCUT2D eigenvalue weighted by atomic mass is 10.2. The molecular weight excluding hydrogens is 180 g/mol. The third kappa shape index (κ3) is 1.61. The van der Waals surface area contributed by atoms with E-state index >= 15 is 0 Å². The van der Waals surface area contributed by atoms with E-state index in [1.165, 1.54) is 7.11 Å². The van der Waals surface area contributed by atoms with Gasteiger partial charge in [0.05, 0.1) is 24.6 Å². The van der Waals surface area contributed by atoms with Crippen LogP contribution in [0.15, 0.2) is 6.20 Å². The molecular formula is C7H9F2N3O. The smallest absolute Gasteiger partial charge is 0.268 e. The second-order valence-corrected chi connectivity index (χ2v) is 2.35. The van der Waals surface area contributed by atoms with Gasteiger partial charge >= 0.3 is 0 Å². The second kappa shape index (κ2) is 3.42. The molecule has 6 heteroatoms. The van der Waals surface area contributed by atoms with E-state index in [-0.39, 0.29) is 17.3 Å². The molecule has 0 saturated carbocycles. The van der Waals surface area contributed by atoms with Gasteiger partial charge < -0.3 is 16.2 Å². The largest absolute Gasteiger partial charge is 0.480 e. The van der Waals surface area contributed by atoms with E-state index in [4.69, 9.17) is 11.5 Å². The molecule has 4 nitrogen and oxygen atoms in total. The molecule has 1 heterocycles.